The van der Waals surface area contributed by atoms with Crippen LogP contribution in [0.1, 0.15) is 16.1 Å². The second-order valence-electron chi connectivity index (χ2n) is 4.50. The first-order valence-electron chi connectivity index (χ1n) is 6.28. The molecule has 0 fully saturated rings. The van der Waals surface area contributed by atoms with E-state index >= 15 is 0 Å². The number of primary amides is 1. The van der Waals surface area contributed by atoms with Crippen molar-refractivity contribution < 1.29 is 9.59 Å². The molecular formula is C15H12N4O2. The Morgan fingerprint density at radius 2 is 2.14 bits per heavy atom. The first-order valence-corrected chi connectivity index (χ1v) is 6.28. The highest BCUT2D eigenvalue weighted by molar-refractivity contribution is 6.31. The molecule has 0 unspecified atom stereocenters. The van der Waals surface area contributed by atoms with Crippen LogP contribution in [0.15, 0.2) is 48.8 Å². The molecule has 2 amide bonds. The molecule has 0 aliphatic carbocycles. The van der Waals surface area contributed by atoms with Crippen molar-refractivity contribution in [1.82, 2.24) is 4.98 Å². The van der Waals surface area contributed by atoms with Crippen LogP contribution in [0, 0.1) is 0 Å². The topological polar surface area (TPSA) is 97.1 Å². The van der Waals surface area contributed by atoms with E-state index in [1.54, 1.807) is 48.8 Å². The molecule has 0 bridgehead atoms. The molecule has 21 heavy (non-hydrogen) atoms. The molecule has 1 aliphatic heterocycles. The lowest BCUT2D eigenvalue weighted by Crippen LogP contribution is -2.11. The van der Waals surface area contributed by atoms with Gasteiger partial charge in [0, 0.05) is 23.6 Å². The molecule has 104 valence electrons. The lowest BCUT2D eigenvalue weighted by molar-refractivity contribution is -0.110. The molecule has 6 heteroatoms. The summed E-state index contributed by atoms with van der Waals surface area (Å²) in [6.07, 6.45) is 3.19. The Bertz CT molecular complexity index is 768. The second-order valence-corrected chi connectivity index (χ2v) is 4.50. The highest BCUT2D eigenvalue weighted by Crippen LogP contribution is 2.29. The number of benzene rings is 1. The Labute approximate surface area is 120 Å². The monoisotopic (exact) mass is 280 g/mol. The Kier molecular flexibility index (Phi) is 3.12. The van der Waals surface area contributed by atoms with Crippen molar-refractivity contribution in [2.24, 2.45) is 5.73 Å². The summed E-state index contributed by atoms with van der Waals surface area (Å²) in [6.45, 7) is 0. The fraction of sp³-hybridized carbons (Fsp3) is 0. The van der Waals surface area contributed by atoms with Crippen molar-refractivity contribution in [3.05, 3.63) is 60.1 Å². The molecule has 1 aromatic heterocycles. The third-order valence-electron chi connectivity index (χ3n) is 3.09. The average Bonchev–Trinajstić information content (AvgIpc) is 2.81. The summed E-state index contributed by atoms with van der Waals surface area (Å²) in [4.78, 5) is 27.2. The number of hydrogen-bond acceptors (Lipinski definition) is 4. The second kappa shape index (κ2) is 5.09. The molecule has 0 radical (unpaired) electrons. The normalized spacial score (nSPS) is 14.7. The zero-order valence-electron chi connectivity index (χ0n) is 11.0. The smallest absolute Gasteiger partial charge is 0.259 e. The molecule has 0 saturated carbocycles. The van der Waals surface area contributed by atoms with Gasteiger partial charge in [-0.3, -0.25) is 14.6 Å². The van der Waals surface area contributed by atoms with Gasteiger partial charge in [0.15, 0.2) is 0 Å². The van der Waals surface area contributed by atoms with E-state index in [1.165, 1.54) is 0 Å². The molecule has 1 aromatic carbocycles. The first-order chi connectivity index (χ1) is 10.1. The molecule has 0 saturated heterocycles. The summed E-state index contributed by atoms with van der Waals surface area (Å²) in [7, 11) is 0. The van der Waals surface area contributed by atoms with Crippen LogP contribution < -0.4 is 16.4 Å². The number of amides is 2. The van der Waals surface area contributed by atoms with Gasteiger partial charge >= 0.3 is 0 Å². The van der Waals surface area contributed by atoms with Gasteiger partial charge in [-0.05, 0) is 30.3 Å². The minimum absolute atomic E-state index is 0.220. The van der Waals surface area contributed by atoms with E-state index < -0.39 is 5.91 Å². The average molecular weight is 280 g/mol. The Hall–Kier alpha value is -3.15. The van der Waals surface area contributed by atoms with Gasteiger partial charge in [0.2, 0.25) is 5.91 Å². The van der Waals surface area contributed by atoms with Crippen molar-refractivity contribution in [3.8, 4) is 0 Å². The van der Waals surface area contributed by atoms with E-state index in [0.717, 1.165) is 0 Å². The summed E-state index contributed by atoms with van der Waals surface area (Å²) >= 11 is 0. The Balaban J connectivity index is 1.88. The minimum atomic E-state index is -0.503. The largest absolute Gasteiger partial charge is 0.366 e. The molecule has 3 rings (SSSR count). The number of carbonyl (C=O) groups is 2. The number of aromatic nitrogens is 1. The highest BCUT2D eigenvalue weighted by Gasteiger charge is 2.24. The maximum atomic E-state index is 11.9. The highest BCUT2D eigenvalue weighted by atomic mass is 16.2. The van der Waals surface area contributed by atoms with Gasteiger partial charge in [0.05, 0.1) is 11.3 Å². The molecule has 6 nitrogen and oxygen atoms in total. The van der Waals surface area contributed by atoms with Gasteiger partial charge in [-0.2, -0.15) is 0 Å². The summed E-state index contributed by atoms with van der Waals surface area (Å²) < 4.78 is 0. The standard InChI is InChI=1S/C15H12N4O2/c16-14(20)9-3-1-4-10(7-9)18-8-11-13-12(19-15(11)21)5-2-6-17-13/h1-8,18H,(H2,16,20)(H,19,21). The van der Waals surface area contributed by atoms with Gasteiger partial charge in [0.1, 0.15) is 5.69 Å². The number of anilines is 2. The van der Waals surface area contributed by atoms with Crippen molar-refractivity contribution >= 4 is 28.8 Å². The molecular weight excluding hydrogens is 268 g/mol. The first kappa shape index (κ1) is 12.9. The maximum Gasteiger partial charge on any atom is 0.259 e. The van der Waals surface area contributed by atoms with Gasteiger partial charge in [-0.15, -0.1) is 0 Å². The summed E-state index contributed by atoms with van der Waals surface area (Å²) in [5, 5.41) is 5.71. The minimum Gasteiger partial charge on any atom is -0.366 e. The number of nitrogens with two attached hydrogens (primary N) is 1. The number of rotatable bonds is 3. The number of nitrogens with zero attached hydrogens (tertiary/aromatic N) is 1. The van der Waals surface area contributed by atoms with Crippen molar-refractivity contribution in [2.45, 2.75) is 0 Å². The van der Waals surface area contributed by atoms with E-state index in [4.69, 9.17) is 5.73 Å². The van der Waals surface area contributed by atoms with E-state index in [2.05, 4.69) is 15.6 Å². The van der Waals surface area contributed by atoms with E-state index in [1.807, 2.05) is 0 Å². The van der Waals surface area contributed by atoms with E-state index in [9.17, 15) is 9.59 Å². The molecule has 0 spiro atoms. The fourth-order valence-corrected chi connectivity index (χ4v) is 2.07. The molecule has 0 atom stereocenters. The maximum absolute atomic E-state index is 11.9. The van der Waals surface area contributed by atoms with Crippen LogP contribution in [0.25, 0.3) is 5.57 Å². The quantitative estimate of drug-likeness (QED) is 0.744. The number of hydrogen-bond donors (Lipinski definition) is 3. The summed E-state index contributed by atoms with van der Waals surface area (Å²) in [5.74, 6) is -0.723. The third kappa shape index (κ3) is 2.46. The van der Waals surface area contributed by atoms with Crippen LogP contribution in [0.2, 0.25) is 0 Å². The van der Waals surface area contributed by atoms with Crippen molar-refractivity contribution in [2.75, 3.05) is 10.6 Å². The zero-order chi connectivity index (χ0) is 14.8. The molecule has 2 aromatic rings. The van der Waals surface area contributed by atoms with Crippen molar-refractivity contribution in [3.63, 3.8) is 0 Å². The van der Waals surface area contributed by atoms with Crippen LogP contribution in [-0.2, 0) is 4.79 Å². The van der Waals surface area contributed by atoms with Gasteiger partial charge in [-0.1, -0.05) is 6.07 Å². The zero-order valence-corrected chi connectivity index (χ0v) is 11.0. The lowest BCUT2D eigenvalue weighted by Gasteiger charge is -2.03. The predicted molar refractivity (Wildman–Crippen MR) is 79.4 cm³/mol. The fourth-order valence-electron chi connectivity index (χ4n) is 2.07. The number of fused-ring (bicyclic) bond motifs is 1. The van der Waals surface area contributed by atoms with E-state index in [0.29, 0.717) is 28.2 Å². The molecule has 2 heterocycles. The number of pyridine rings is 1. The molecule has 1 aliphatic rings. The number of nitrogens with one attached hydrogen (secondary N) is 2. The summed E-state index contributed by atoms with van der Waals surface area (Å²) in [5.41, 5.74) is 8.01. The lowest BCUT2D eigenvalue weighted by atomic mass is 10.2. The van der Waals surface area contributed by atoms with Crippen LogP contribution in [0.5, 0.6) is 0 Å². The van der Waals surface area contributed by atoms with Crippen molar-refractivity contribution in [1.29, 1.82) is 0 Å². The third-order valence-corrected chi connectivity index (χ3v) is 3.09. The Morgan fingerprint density at radius 1 is 1.29 bits per heavy atom. The van der Waals surface area contributed by atoms with Gasteiger partial charge in [0.25, 0.3) is 5.91 Å². The number of carbonyl (C=O) groups excluding carboxylic acids is 2. The molecule has 4 N–H and O–H groups in total. The Morgan fingerprint density at radius 3 is 2.95 bits per heavy atom. The van der Waals surface area contributed by atoms with E-state index in [-0.39, 0.29) is 5.91 Å². The van der Waals surface area contributed by atoms with Gasteiger partial charge < -0.3 is 16.4 Å². The predicted octanol–water partition coefficient (Wildman–Crippen LogP) is 1.59. The van der Waals surface area contributed by atoms with Crippen LogP contribution in [0.3, 0.4) is 0 Å². The van der Waals surface area contributed by atoms with Crippen LogP contribution in [-0.4, -0.2) is 16.8 Å². The van der Waals surface area contributed by atoms with Gasteiger partial charge in [-0.25, -0.2) is 0 Å². The van der Waals surface area contributed by atoms with Crippen LogP contribution >= 0.6 is 0 Å². The SMILES string of the molecule is NC(=O)c1cccc(NC=C2C(=O)Nc3cccnc32)c1. The van der Waals surface area contributed by atoms with Crippen LogP contribution in [0.4, 0.5) is 11.4 Å². The summed E-state index contributed by atoms with van der Waals surface area (Å²) in [6, 6.07) is 10.3.